The van der Waals surface area contributed by atoms with Gasteiger partial charge in [-0.2, -0.15) is 4.98 Å². The van der Waals surface area contributed by atoms with Crippen molar-refractivity contribution in [2.45, 2.75) is 12.8 Å². The number of hydrogen-bond donors (Lipinski definition) is 4. The van der Waals surface area contributed by atoms with E-state index in [4.69, 9.17) is 11.5 Å². The van der Waals surface area contributed by atoms with Crippen LogP contribution in [0.25, 0.3) is 6.08 Å². The molecule has 0 atom stereocenters. The summed E-state index contributed by atoms with van der Waals surface area (Å²) >= 11 is 0. The van der Waals surface area contributed by atoms with Gasteiger partial charge in [0.15, 0.2) is 12.6 Å². The minimum absolute atomic E-state index is 0.0234. The zero-order valence-corrected chi connectivity index (χ0v) is 14.4. The topological polar surface area (TPSA) is 161 Å². The molecule has 0 aliphatic heterocycles. The molecule has 0 saturated carbocycles. The Morgan fingerprint density at radius 2 is 2.00 bits per heavy atom. The minimum Gasteiger partial charge on any atom is -0.385 e. The molecule has 0 spiro atoms. The summed E-state index contributed by atoms with van der Waals surface area (Å²) in [5.74, 6) is -0.592. The number of hydrogen-bond acceptors (Lipinski definition) is 8. The Balaban J connectivity index is 1.97. The fraction of sp³-hybridized carbons (Fsp3) is 0.167. The van der Waals surface area contributed by atoms with Crippen LogP contribution in [0.3, 0.4) is 0 Å². The van der Waals surface area contributed by atoms with Crippen LogP contribution >= 0.6 is 0 Å². The van der Waals surface area contributed by atoms with E-state index >= 15 is 0 Å². The van der Waals surface area contributed by atoms with Gasteiger partial charge in [0.05, 0.1) is 5.56 Å². The van der Waals surface area contributed by atoms with Crippen LogP contribution < -0.4 is 22.3 Å². The molecular formula is C18H19N5O4. The number of anilines is 3. The average molecular weight is 369 g/mol. The number of allylic oxidation sites excluding steroid dienone is 1. The quantitative estimate of drug-likeness (QED) is 0.216. The second-order valence-corrected chi connectivity index (χ2v) is 5.66. The molecule has 1 aromatic carbocycles. The lowest BCUT2D eigenvalue weighted by Crippen LogP contribution is -2.20. The van der Waals surface area contributed by atoms with E-state index < -0.39 is 5.78 Å². The maximum atomic E-state index is 11.8. The Morgan fingerprint density at radius 3 is 2.67 bits per heavy atom. The lowest BCUT2D eigenvalue weighted by atomic mass is 10.1. The monoisotopic (exact) mass is 369 g/mol. The van der Waals surface area contributed by atoms with Crippen LogP contribution in [0.1, 0.15) is 27.9 Å². The third kappa shape index (κ3) is 5.36. The van der Waals surface area contributed by atoms with Gasteiger partial charge in [-0.05, 0) is 36.6 Å². The lowest BCUT2D eigenvalue weighted by molar-refractivity contribution is -0.126. The molecule has 27 heavy (non-hydrogen) atoms. The van der Waals surface area contributed by atoms with Crippen molar-refractivity contribution in [1.29, 1.82) is 0 Å². The van der Waals surface area contributed by atoms with E-state index in [1.165, 1.54) is 6.08 Å². The number of ketones is 1. The number of H-pyrrole nitrogens is 1. The first-order valence-electron chi connectivity index (χ1n) is 8.09. The predicted octanol–water partition coefficient (Wildman–Crippen LogP) is 0.573. The van der Waals surface area contributed by atoms with Crippen molar-refractivity contribution < 1.29 is 14.4 Å². The molecule has 0 radical (unpaired) electrons. The van der Waals surface area contributed by atoms with E-state index in [2.05, 4.69) is 15.3 Å². The van der Waals surface area contributed by atoms with Crippen molar-refractivity contribution in [3.05, 3.63) is 51.3 Å². The standard InChI is InChI=1S/C18H19N5O4/c19-16-15(17(27)23-18(20)22-16)2-1-7-21-13-5-3-11(12(8-13)9-24)4-6-14(26)10-25/h3-6,8-10,21H,1-2,7H2,(H5,19,20,22,23,27)/b6-4+. The lowest BCUT2D eigenvalue weighted by Gasteiger charge is -2.09. The third-order valence-corrected chi connectivity index (χ3v) is 3.76. The summed E-state index contributed by atoms with van der Waals surface area (Å²) in [6.07, 6.45) is 4.39. The van der Waals surface area contributed by atoms with Crippen LogP contribution in [0.2, 0.25) is 0 Å². The smallest absolute Gasteiger partial charge is 0.257 e. The first-order valence-corrected chi connectivity index (χ1v) is 8.09. The summed E-state index contributed by atoms with van der Waals surface area (Å²) in [5, 5.41) is 3.14. The second kappa shape index (κ2) is 9.09. The van der Waals surface area contributed by atoms with Crippen LogP contribution in [-0.4, -0.2) is 34.9 Å². The van der Waals surface area contributed by atoms with Gasteiger partial charge in [-0.25, -0.2) is 0 Å². The number of aldehydes is 2. The van der Waals surface area contributed by atoms with E-state index in [1.54, 1.807) is 18.2 Å². The zero-order chi connectivity index (χ0) is 19.8. The van der Waals surface area contributed by atoms with Gasteiger partial charge in [0.2, 0.25) is 11.7 Å². The van der Waals surface area contributed by atoms with Gasteiger partial charge < -0.3 is 16.8 Å². The first kappa shape index (κ1) is 19.6. The van der Waals surface area contributed by atoms with E-state index in [1.807, 2.05) is 0 Å². The van der Waals surface area contributed by atoms with Gasteiger partial charge in [0.25, 0.3) is 5.56 Å². The number of rotatable bonds is 9. The van der Waals surface area contributed by atoms with Crippen LogP contribution in [0.5, 0.6) is 0 Å². The molecule has 2 aromatic rings. The van der Waals surface area contributed by atoms with E-state index in [0.717, 1.165) is 6.08 Å². The van der Waals surface area contributed by atoms with Gasteiger partial charge >= 0.3 is 0 Å². The number of carbonyl (C=O) groups is 3. The molecular weight excluding hydrogens is 350 g/mol. The maximum Gasteiger partial charge on any atom is 0.257 e. The highest BCUT2D eigenvalue weighted by molar-refractivity contribution is 6.31. The molecule has 1 aromatic heterocycles. The Bertz CT molecular complexity index is 949. The molecule has 0 bridgehead atoms. The van der Waals surface area contributed by atoms with E-state index in [-0.39, 0.29) is 23.6 Å². The molecule has 140 valence electrons. The van der Waals surface area contributed by atoms with Gasteiger partial charge in [0, 0.05) is 17.8 Å². The van der Waals surface area contributed by atoms with Crippen molar-refractivity contribution in [1.82, 2.24) is 9.97 Å². The number of nitrogens with two attached hydrogens (primary N) is 2. The number of nitrogen functional groups attached to an aromatic ring is 2. The van der Waals surface area contributed by atoms with Gasteiger partial charge in [0.1, 0.15) is 5.82 Å². The molecule has 0 aliphatic rings. The Labute approximate surface area is 154 Å². The number of benzene rings is 1. The van der Waals surface area contributed by atoms with Crippen LogP contribution in [-0.2, 0) is 16.0 Å². The fourth-order valence-electron chi connectivity index (χ4n) is 2.42. The van der Waals surface area contributed by atoms with Crippen molar-refractivity contribution in [2.24, 2.45) is 0 Å². The van der Waals surface area contributed by atoms with Gasteiger partial charge in [-0.15, -0.1) is 0 Å². The normalized spacial score (nSPS) is 10.7. The zero-order valence-electron chi connectivity index (χ0n) is 14.4. The maximum absolute atomic E-state index is 11.8. The molecule has 0 aliphatic carbocycles. The number of nitrogens with one attached hydrogen (secondary N) is 2. The number of aromatic amines is 1. The molecule has 0 fully saturated rings. The Kier molecular flexibility index (Phi) is 6.59. The SMILES string of the molecule is Nc1nc(N)c(CCCNc2ccc(/C=C/C(=O)C=O)c(C=O)c2)c(=O)[nH]1. The third-order valence-electron chi connectivity index (χ3n) is 3.76. The fourth-order valence-corrected chi connectivity index (χ4v) is 2.42. The molecule has 6 N–H and O–H groups in total. The van der Waals surface area contributed by atoms with Crippen molar-refractivity contribution in [3.63, 3.8) is 0 Å². The predicted molar refractivity (Wildman–Crippen MR) is 102 cm³/mol. The van der Waals surface area contributed by atoms with Crippen LogP contribution in [0.15, 0.2) is 29.1 Å². The molecule has 9 heteroatoms. The number of nitrogens with zero attached hydrogens (tertiary/aromatic N) is 1. The van der Waals surface area contributed by atoms with Gasteiger partial charge in [-0.3, -0.25) is 24.2 Å². The minimum atomic E-state index is -0.680. The first-order chi connectivity index (χ1) is 12.9. The summed E-state index contributed by atoms with van der Waals surface area (Å²) in [6, 6.07) is 5.03. The highest BCUT2D eigenvalue weighted by Crippen LogP contribution is 2.16. The summed E-state index contributed by atoms with van der Waals surface area (Å²) in [5.41, 5.74) is 12.7. The second-order valence-electron chi connectivity index (χ2n) is 5.66. The van der Waals surface area contributed by atoms with E-state index in [9.17, 15) is 19.2 Å². The van der Waals surface area contributed by atoms with Gasteiger partial charge in [-0.1, -0.05) is 12.1 Å². The van der Waals surface area contributed by atoms with Crippen LogP contribution in [0, 0.1) is 0 Å². The van der Waals surface area contributed by atoms with E-state index in [0.29, 0.717) is 48.1 Å². The van der Waals surface area contributed by atoms with Crippen molar-refractivity contribution >= 4 is 41.9 Å². The summed E-state index contributed by atoms with van der Waals surface area (Å²) in [6.45, 7) is 0.528. The summed E-state index contributed by atoms with van der Waals surface area (Å²) in [7, 11) is 0. The molecule has 0 unspecified atom stereocenters. The highest BCUT2D eigenvalue weighted by Gasteiger charge is 2.07. The number of aromatic nitrogens is 2. The molecule has 0 amide bonds. The Morgan fingerprint density at radius 1 is 1.22 bits per heavy atom. The molecule has 0 saturated heterocycles. The summed E-state index contributed by atoms with van der Waals surface area (Å²) < 4.78 is 0. The Hall–Kier alpha value is -3.75. The molecule has 1 heterocycles. The largest absolute Gasteiger partial charge is 0.385 e. The average Bonchev–Trinajstić information content (AvgIpc) is 2.64. The summed E-state index contributed by atoms with van der Waals surface area (Å²) in [4.78, 5) is 50.6. The molecule has 2 rings (SSSR count). The molecule has 9 nitrogen and oxygen atoms in total. The highest BCUT2D eigenvalue weighted by atomic mass is 16.2. The van der Waals surface area contributed by atoms with Crippen molar-refractivity contribution in [3.8, 4) is 0 Å². The van der Waals surface area contributed by atoms with Crippen molar-refractivity contribution in [2.75, 3.05) is 23.3 Å². The number of carbonyl (C=O) groups excluding carboxylic acids is 3. The van der Waals surface area contributed by atoms with Crippen LogP contribution in [0.4, 0.5) is 17.5 Å².